The first kappa shape index (κ1) is 13.8. The summed E-state index contributed by atoms with van der Waals surface area (Å²) in [5.74, 6) is 0.662. The number of rotatable bonds is 3. The molecular formula is C15H14BrN5. The minimum absolute atomic E-state index is 0.658. The molecule has 0 saturated heterocycles. The van der Waals surface area contributed by atoms with Gasteiger partial charge in [-0.25, -0.2) is 0 Å². The Bertz CT molecular complexity index is 781. The summed E-state index contributed by atoms with van der Waals surface area (Å²) in [5.41, 5.74) is 9.64. The lowest BCUT2D eigenvalue weighted by Gasteiger charge is -2.10. The molecule has 0 aliphatic carbocycles. The van der Waals surface area contributed by atoms with Crippen molar-refractivity contribution in [2.24, 2.45) is 0 Å². The van der Waals surface area contributed by atoms with Crippen LogP contribution in [-0.4, -0.2) is 20.2 Å². The van der Waals surface area contributed by atoms with E-state index in [1.54, 1.807) is 4.68 Å². The molecule has 21 heavy (non-hydrogen) atoms. The zero-order valence-corrected chi connectivity index (χ0v) is 13.1. The quantitative estimate of drug-likeness (QED) is 0.741. The van der Waals surface area contributed by atoms with Gasteiger partial charge in [0.1, 0.15) is 0 Å². The van der Waals surface area contributed by atoms with E-state index in [1.165, 1.54) is 5.56 Å². The van der Waals surface area contributed by atoms with Crippen molar-refractivity contribution in [2.75, 3.05) is 5.73 Å². The molecule has 0 saturated carbocycles. The lowest BCUT2D eigenvalue weighted by molar-refractivity contribution is 0.783. The van der Waals surface area contributed by atoms with Gasteiger partial charge in [-0.3, -0.25) is 0 Å². The summed E-state index contributed by atoms with van der Waals surface area (Å²) >= 11 is 3.51. The predicted octanol–water partition coefficient (Wildman–Crippen LogP) is 3.24. The van der Waals surface area contributed by atoms with Gasteiger partial charge in [0, 0.05) is 11.3 Å². The van der Waals surface area contributed by atoms with Gasteiger partial charge in [0.05, 0.1) is 10.2 Å². The number of aromatic nitrogens is 4. The second kappa shape index (κ2) is 5.65. The zero-order chi connectivity index (χ0) is 14.8. The molecule has 0 atom stereocenters. The van der Waals surface area contributed by atoms with Crippen molar-refractivity contribution >= 4 is 21.6 Å². The highest BCUT2D eigenvalue weighted by molar-refractivity contribution is 9.10. The van der Waals surface area contributed by atoms with E-state index in [1.807, 2.05) is 36.4 Å². The van der Waals surface area contributed by atoms with Gasteiger partial charge in [-0.1, -0.05) is 31.2 Å². The molecule has 2 N–H and O–H groups in total. The van der Waals surface area contributed by atoms with Crippen molar-refractivity contribution in [1.29, 1.82) is 0 Å². The number of nitrogens with two attached hydrogens (primary N) is 1. The van der Waals surface area contributed by atoms with Crippen LogP contribution in [0.5, 0.6) is 0 Å². The van der Waals surface area contributed by atoms with E-state index < -0.39 is 0 Å². The summed E-state index contributed by atoms with van der Waals surface area (Å²) in [4.78, 5) is 0. The van der Waals surface area contributed by atoms with Crippen molar-refractivity contribution in [3.63, 3.8) is 0 Å². The first-order valence-electron chi connectivity index (χ1n) is 6.63. The summed E-state index contributed by atoms with van der Waals surface area (Å²) < 4.78 is 2.55. The molecule has 0 aliphatic rings. The number of tetrazole rings is 1. The third-order valence-corrected chi connectivity index (χ3v) is 4.22. The van der Waals surface area contributed by atoms with E-state index in [0.717, 1.165) is 22.1 Å². The number of para-hydroxylation sites is 1. The van der Waals surface area contributed by atoms with E-state index in [0.29, 0.717) is 11.5 Å². The highest BCUT2D eigenvalue weighted by atomic mass is 79.9. The standard InChI is InChI=1S/C15H14BrN5/c1-2-10-6-3-4-9-13(10)21-15(18-19-20-21)11-7-5-8-12(17)14(11)16/h3-9H,2,17H2,1H3. The van der Waals surface area contributed by atoms with E-state index in [-0.39, 0.29) is 0 Å². The monoisotopic (exact) mass is 343 g/mol. The van der Waals surface area contributed by atoms with Gasteiger partial charge in [-0.15, -0.1) is 5.10 Å². The van der Waals surface area contributed by atoms with Gasteiger partial charge in [0.15, 0.2) is 5.82 Å². The van der Waals surface area contributed by atoms with Crippen LogP contribution in [0.2, 0.25) is 0 Å². The van der Waals surface area contributed by atoms with Gasteiger partial charge in [-0.2, -0.15) is 4.68 Å². The molecule has 106 valence electrons. The smallest absolute Gasteiger partial charge is 0.188 e. The van der Waals surface area contributed by atoms with Crippen LogP contribution in [0.15, 0.2) is 46.9 Å². The van der Waals surface area contributed by atoms with Gasteiger partial charge in [0.2, 0.25) is 0 Å². The molecule has 0 unspecified atom stereocenters. The first-order chi connectivity index (χ1) is 10.2. The maximum atomic E-state index is 5.95. The Hall–Kier alpha value is -2.21. The van der Waals surface area contributed by atoms with Crippen molar-refractivity contribution in [1.82, 2.24) is 20.2 Å². The number of hydrogen-bond acceptors (Lipinski definition) is 4. The van der Waals surface area contributed by atoms with Gasteiger partial charge >= 0.3 is 0 Å². The SMILES string of the molecule is CCc1ccccc1-n1nnnc1-c1cccc(N)c1Br. The minimum atomic E-state index is 0.658. The number of hydrogen-bond donors (Lipinski definition) is 1. The number of aryl methyl sites for hydroxylation is 1. The molecule has 0 spiro atoms. The topological polar surface area (TPSA) is 69.6 Å². The van der Waals surface area contributed by atoms with Crippen LogP contribution in [-0.2, 0) is 6.42 Å². The largest absolute Gasteiger partial charge is 0.398 e. The Kier molecular flexibility index (Phi) is 3.70. The third-order valence-electron chi connectivity index (χ3n) is 3.34. The van der Waals surface area contributed by atoms with Crippen LogP contribution in [0.3, 0.4) is 0 Å². The number of nitrogens with zero attached hydrogens (tertiary/aromatic N) is 4. The van der Waals surface area contributed by atoms with Gasteiger partial charge < -0.3 is 5.73 Å². The Balaban J connectivity index is 2.20. The molecule has 5 nitrogen and oxygen atoms in total. The second-order valence-electron chi connectivity index (χ2n) is 4.61. The first-order valence-corrected chi connectivity index (χ1v) is 7.42. The normalized spacial score (nSPS) is 10.8. The fourth-order valence-corrected chi connectivity index (χ4v) is 2.70. The molecule has 0 amide bonds. The second-order valence-corrected chi connectivity index (χ2v) is 5.40. The van der Waals surface area contributed by atoms with E-state index in [9.17, 15) is 0 Å². The molecular weight excluding hydrogens is 330 g/mol. The average Bonchev–Trinajstić information content (AvgIpc) is 2.99. The van der Waals surface area contributed by atoms with E-state index >= 15 is 0 Å². The molecule has 3 aromatic rings. The maximum Gasteiger partial charge on any atom is 0.188 e. The van der Waals surface area contributed by atoms with Crippen molar-refractivity contribution in [3.8, 4) is 17.1 Å². The van der Waals surface area contributed by atoms with Crippen molar-refractivity contribution in [3.05, 3.63) is 52.5 Å². The lowest BCUT2D eigenvalue weighted by Crippen LogP contribution is -2.04. The highest BCUT2D eigenvalue weighted by Crippen LogP contribution is 2.32. The lowest BCUT2D eigenvalue weighted by atomic mass is 10.1. The Morgan fingerprint density at radius 1 is 1.14 bits per heavy atom. The molecule has 0 aliphatic heterocycles. The molecule has 2 aromatic carbocycles. The van der Waals surface area contributed by atoms with Crippen LogP contribution >= 0.6 is 15.9 Å². The third kappa shape index (κ3) is 2.42. The fraction of sp³-hybridized carbons (Fsp3) is 0.133. The summed E-state index contributed by atoms with van der Waals surface area (Å²) in [6.45, 7) is 2.11. The molecule has 3 rings (SSSR count). The van der Waals surface area contributed by atoms with Crippen LogP contribution < -0.4 is 5.73 Å². The zero-order valence-electron chi connectivity index (χ0n) is 11.5. The van der Waals surface area contributed by atoms with E-state index in [2.05, 4.69) is 44.4 Å². The summed E-state index contributed by atoms with van der Waals surface area (Å²) in [6.07, 6.45) is 0.910. The van der Waals surface area contributed by atoms with E-state index in [4.69, 9.17) is 5.73 Å². The molecule has 0 fully saturated rings. The fourth-order valence-electron chi connectivity index (χ4n) is 2.26. The molecule has 1 heterocycles. The van der Waals surface area contributed by atoms with Gasteiger partial charge in [-0.05, 0) is 56.5 Å². The van der Waals surface area contributed by atoms with Crippen molar-refractivity contribution in [2.45, 2.75) is 13.3 Å². The molecule has 0 bridgehead atoms. The van der Waals surface area contributed by atoms with Crippen LogP contribution in [0, 0.1) is 0 Å². The maximum absolute atomic E-state index is 5.95. The van der Waals surface area contributed by atoms with Crippen molar-refractivity contribution < 1.29 is 0 Å². The molecule has 6 heteroatoms. The van der Waals surface area contributed by atoms with Crippen LogP contribution in [0.1, 0.15) is 12.5 Å². The van der Waals surface area contributed by atoms with Crippen LogP contribution in [0.4, 0.5) is 5.69 Å². The Morgan fingerprint density at radius 3 is 2.76 bits per heavy atom. The number of halogens is 1. The number of anilines is 1. The highest BCUT2D eigenvalue weighted by Gasteiger charge is 2.16. The van der Waals surface area contributed by atoms with Crippen LogP contribution in [0.25, 0.3) is 17.1 Å². The Labute approximate surface area is 130 Å². The molecule has 1 aromatic heterocycles. The molecule has 0 radical (unpaired) electrons. The minimum Gasteiger partial charge on any atom is -0.398 e. The number of nitrogen functional groups attached to an aromatic ring is 1. The summed E-state index contributed by atoms with van der Waals surface area (Å²) in [6, 6.07) is 13.8. The Morgan fingerprint density at radius 2 is 1.95 bits per heavy atom. The number of benzene rings is 2. The summed E-state index contributed by atoms with van der Waals surface area (Å²) in [5, 5.41) is 12.1. The van der Waals surface area contributed by atoms with Gasteiger partial charge in [0.25, 0.3) is 0 Å². The summed E-state index contributed by atoms with van der Waals surface area (Å²) in [7, 11) is 0. The average molecular weight is 344 g/mol. The predicted molar refractivity (Wildman–Crippen MR) is 86.1 cm³/mol.